The molecule has 16 heavy (non-hydrogen) atoms. The normalized spacial score (nSPS) is 14.2. The molecule has 0 saturated heterocycles. The van der Waals surface area contributed by atoms with Gasteiger partial charge in [-0.1, -0.05) is 6.92 Å². The highest BCUT2D eigenvalue weighted by Crippen LogP contribution is 2.02. The van der Waals surface area contributed by atoms with Crippen LogP contribution >= 0.6 is 0 Å². The Hall–Kier alpha value is -1.14. The van der Waals surface area contributed by atoms with Crippen LogP contribution in [0.15, 0.2) is 0 Å². The molecular weight excluding hydrogens is 212 g/mol. The fourth-order valence-corrected chi connectivity index (χ4v) is 1.15. The lowest BCUT2D eigenvalue weighted by Crippen LogP contribution is -2.43. The number of unbranched alkanes of at least 4 members (excludes halogenated alkanes) is 1. The molecule has 0 aromatic heterocycles. The first kappa shape index (κ1) is 14.9. The number of carbonyl (C=O) groups excluding carboxylic acids is 1. The maximum Gasteiger partial charge on any atom is 0.326 e. The van der Waals surface area contributed by atoms with Crippen LogP contribution < -0.4 is 11.1 Å². The third kappa shape index (κ3) is 5.67. The molecular formula is C10H20N2O4. The summed E-state index contributed by atoms with van der Waals surface area (Å²) in [5.74, 6) is -2.09. The zero-order valence-corrected chi connectivity index (χ0v) is 9.48. The van der Waals surface area contributed by atoms with Gasteiger partial charge in [-0.25, -0.2) is 4.79 Å². The van der Waals surface area contributed by atoms with Crippen LogP contribution in [0.1, 0.15) is 26.2 Å². The number of amides is 1. The lowest BCUT2D eigenvalue weighted by Gasteiger charge is -2.16. The van der Waals surface area contributed by atoms with E-state index in [-0.39, 0.29) is 6.61 Å². The first-order valence-corrected chi connectivity index (χ1v) is 5.37. The number of rotatable bonds is 8. The first-order valence-electron chi connectivity index (χ1n) is 5.37. The van der Waals surface area contributed by atoms with E-state index in [0.717, 1.165) is 6.42 Å². The number of carboxylic acid groups (broad SMARTS) is 1. The lowest BCUT2D eigenvalue weighted by atomic mass is 10.1. The van der Waals surface area contributed by atoms with Crippen molar-refractivity contribution in [2.24, 2.45) is 11.7 Å². The maximum atomic E-state index is 11.4. The van der Waals surface area contributed by atoms with E-state index in [1.807, 2.05) is 0 Å². The summed E-state index contributed by atoms with van der Waals surface area (Å²) in [7, 11) is 0. The Morgan fingerprint density at radius 1 is 1.38 bits per heavy atom. The number of hydrogen-bond donors (Lipinski definition) is 4. The second-order valence-electron chi connectivity index (χ2n) is 3.77. The number of hydrogen-bond acceptors (Lipinski definition) is 4. The van der Waals surface area contributed by atoms with Gasteiger partial charge in [0.15, 0.2) is 0 Å². The van der Waals surface area contributed by atoms with E-state index >= 15 is 0 Å². The van der Waals surface area contributed by atoms with Crippen molar-refractivity contribution in [3.05, 3.63) is 0 Å². The van der Waals surface area contributed by atoms with Gasteiger partial charge in [-0.05, 0) is 25.8 Å². The maximum absolute atomic E-state index is 11.4. The molecule has 0 rings (SSSR count). The van der Waals surface area contributed by atoms with E-state index in [1.165, 1.54) is 6.92 Å². The van der Waals surface area contributed by atoms with Crippen LogP contribution in [-0.4, -0.2) is 41.3 Å². The zero-order valence-electron chi connectivity index (χ0n) is 9.48. The summed E-state index contributed by atoms with van der Waals surface area (Å²) < 4.78 is 0. The van der Waals surface area contributed by atoms with Crippen molar-refractivity contribution in [3.63, 3.8) is 0 Å². The van der Waals surface area contributed by atoms with Crippen molar-refractivity contribution < 1.29 is 19.8 Å². The van der Waals surface area contributed by atoms with Crippen molar-refractivity contribution in [3.8, 4) is 0 Å². The third-order valence-corrected chi connectivity index (χ3v) is 2.28. The topological polar surface area (TPSA) is 113 Å². The number of carbonyl (C=O) groups is 2. The van der Waals surface area contributed by atoms with Gasteiger partial charge in [-0.3, -0.25) is 4.79 Å². The molecule has 2 atom stereocenters. The van der Waals surface area contributed by atoms with Gasteiger partial charge >= 0.3 is 5.97 Å². The molecule has 0 fully saturated rings. The summed E-state index contributed by atoms with van der Waals surface area (Å²) in [6.07, 6.45) is 1.74. The van der Waals surface area contributed by atoms with E-state index < -0.39 is 23.8 Å². The fourth-order valence-electron chi connectivity index (χ4n) is 1.15. The second kappa shape index (κ2) is 8.06. The minimum atomic E-state index is -1.06. The quantitative estimate of drug-likeness (QED) is 0.414. The molecule has 1 unspecified atom stereocenters. The number of aliphatic hydroxyl groups is 1. The molecule has 0 aromatic carbocycles. The van der Waals surface area contributed by atoms with E-state index in [0.29, 0.717) is 19.4 Å². The SMILES string of the molecule is CC(CO)C(=O)N[C@@H](CCCCN)C(=O)O. The minimum Gasteiger partial charge on any atom is -0.480 e. The Kier molecular flexibility index (Phi) is 7.49. The molecule has 6 heteroatoms. The number of nitrogens with two attached hydrogens (primary N) is 1. The summed E-state index contributed by atoms with van der Waals surface area (Å²) in [4.78, 5) is 22.2. The molecule has 0 bridgehead atoms. The molecule has 0 spiro atoms. The number of carboxylic acids is 1. The Balaban J connectivity index is 4.12. The molecule has 5 N–H and O–H groups in total. The van der Waals surface area contributed by atoms with Gasteiger partial charge in [0, 0.05) is 0 Å². The van der Waals surface area contributed by atoms with Crippen LogP contribution in [0, 0.1) is 5.92 Å². The first-order chi connectivity index (χ1) is 7.52. The van der Waals surface area contributed by atoms with Crippen LogP contribution in [0.5, 0.6) is 0 Å². The smallest absolute Gasteiger partial charge is 0.326 e. The van der Waals surface area contributed by atoms with Gasteiger partial charge in [0.05, 0.1) is 12.5 Å². The van der Waals surface area contributed by atoms with Crippen molar-refractivity contribution in [2.45, 2.75) is 32.2 Å². The van der Waals surface area contributed by atoms with Gasteiger partial charge < -0.3 is 21.3 Å². The monoisotopic (exact) mass is 232 g/mol. The van der Waals surface area contributed by atoms with Crippen LogP contribution in [0.25, 0.3) is 0 Å². The molecule has 0 saturated carbocycles. The molecule has 1 amide bonds. The van der Waals surface area contributed by atoms with Gasteiger partial charge in [0.1, 0.15) is 6.04 Å². The predicted molar refractivity (Wildman–Crippen MR) is 58.7 cm³/mol. The van der Waals surface area contributed by atoms with E-state index in [9.17, 15) is 9.59 Å². The van der Waals surface area contributed by atoms with Gasteiger partial charge in [-0.15, -0.1) is 0 Å². The van der Waals surface area contributed by atoms with E-state index in [2.05, 4.69) is 5.32 Å². The minimum absolute atomic E-state index is 0.291. The fraction of sp³-hybridized carbons (Fsp3) is 0.800. The highest BCUT2D eigenvalue weighted by Gasteiger charge is 2.21. The molecule has 0 aromatic rings. The van der Waals surface area contributed by atoms with E-state index in [1.54, 1.807) is 0 Å². The van der Waals surface area contributed by atoms with Gasteiger partial charge in [0.2, 0.25) is 5.91 Å². The molecule has 0 aliphatic heterocycles. The molecule has 0 aliphatic carbocycles. The summed E-state index contributed by atoms with van der Waals surface area (Å²) in [5, 5.41) is 20.0. The average Bonchev–Trinajstić information content (AvgIpc) is 2.26. The van der Waals surface area contributed by atoms with Gasteiger partial charge in [0.25, 0.3) is 0 Å². The average molecular weight is 232 g/mol. The number of aliphatic carboxylic acids is 1. The van der Waals surface area contributed by atoms with Crippen LogP contribution in [-0.2, 0) is 9.59 Å². The molecule has 0 radical (unpaired) electrons. The highest BCUT2D eigenvalue weighted by molar-refractivity contribution is 5.84. The summed E-state index contributed by atoms with van der Waals surface area (Å²) >= 11 is 0. The highest BCUT2D eigenvalue weighted by atomic mass is 16.4. The van der Waals surface area contributed by atoms with Crippen LogP contribution in [0.2, 0.25) is 0 Å². The molecule has 94 valence electrons. The molecule has 0 aliphatic rings. The largest absolute Gasteiger partial charge is 0.480 e. The predicted octanol–water partition coefficient (Wildman–Crippen LogP) is -0.687. The van der Waals surface area contributed by atoms with Crippen LogP contribution in [0.3, 0.4) is 0 Å². The third-order valence-electron chi connectivity index (χ3n) is 2.28. The second-order valence-corrected chi connectivity index (χ2v) is 3.77. The Morgan fingerprint density at radius 2 is 2.00 bits per heavy atom. The summed E-state index contributed by atoms with van der Waals surface area (Å²) in [6.45, 7) is 1.75. The molecule has 0 heterocycles. The van der Waals surface area contributed by atoms with Crippen molar-refractivity contribution in [2.75, 3.05) is 13.2 Å². The Bertz CT molecular complexity index is 233. The van der Waals surface area contributed by atoms with Gasteiger partial charge in [-0.2, -0.15) is 0 Å². The lowest BCUT2D eigenvalue weighted by molar-refractivity contribution is -0.142. The number of aliphatic hydroxyl groups excluding tert-OH is 1. The Labute approximate surface area is 94.8 Å². The van der Waals surface area contributed by atoms with Crippen molar-refractivity contribution in [1.82, 2.24) is 5.32 Å². The van der Waals surface area contributed by atoms with Crippen LogP contribution in [0.4, 0.5) is 0 Å². The Morgan fingerprint density at radius 3 is 2.44 bits per heavy atom. The zero-order chi connectivity index (χ0) is 12.6. The standard InChI is InChI=1S/C10H20N2O4/c1-7(6-13)9(14)12-8(10(15)16)4-2-3-5-11/h7-8,13H,2-6,11H2,1H3,(H,12,14)(H,15,16)/t7?,8-/m0/s1. The van der Waals surface area contributed by atoms with Crippen molar-refractivity contribution >= 4 is 11.9 Å². The molecule has 6 nitrogen and oxygen atoms in total. The van der Waals surface area contributed by atoms with Crippen molar-refractivity contribution in [1.29, 1.82) is 0 Å². The summed E-state index contributed by atoms with van der Waals surface area (Å²) in [6, 6.07) is -0.895. The van der Waals surface area contributed by atoms with E-state index in [4.69, 9.17) is 15.9 Å². The number of nitrogens with one attached hydrogen (secondary N) is 1. The summed E-state index contributed by atoms with van der Waals surface area (Å²) in [5.41, 5.74) is 5.29.